The van der Waals surface area contributed by atoms with E-state index in [0.29, 0.717) is 17.1 Å². The third-order valence-electron chi connectivity index (χ3n) is 4.85. The molecule has 0 saturated carbocycles. The van der Waals surface area contributed by atoms with Gasteiger partial charge in [0.1, 0.15) is 5.69 Å². The molecule has 142 valence electrons. The topological polar surface area (TPSA) is 58.1 Å². The van der Waals surface area contributed by atoms with Crippen LogP contribution in [0.15, 0.2) is 60.9 Å². The van der Waals surface area contributed by atoms with Gasteiger partial charge in [0, 0.05) is 48.2 Å². The van der Waals surface area contributed by atoms with Crippen molar-refractivity contribution in [1.82, 2.24) is 15.3 Å². The minimum atomic E-state index is -0.122. The lowest BCUT2D eigenvalue weighted by Crippen LogP contribution is -2.23. The van der Waals surface area contributed by atoms with Gasteiger partial charge < -0.3 is 10.2 Å². The second-order valence-electron chi connectivity index (χ2n) is 6.81. The number of nitrogens with zero attached hydrogens (tertiary/aromatic N) is 3. The highest BCUT2D eigenvalue weighted by Crippen LogP contribution is 2.29. The zero-order chi connectivity index (χ0) is 19.3. The zero-order valence-electron chi connectivity index (χ0n) is 15.4. The van der Waals surface area contributed by atoms with E-state index in [4.69, 9.17) is 11.6 Å². The van der Waals surface area contributed by atoms with Gasteiger partial charge in [-0.1, -0.05) is 35.9 Å². The van der Waals surface area contributed by atoms with Crippen LogP contribution < -0.4 is 10.2 Å². The van der Waals surface area contributed by atoms with Crippen LogP contribution in [-0.2, 0) is 6.54 Å². The van der Waals surface area contributed by atoms with Gasteiger partial charge in [-0.25, -0.2) is 4.98 Å². The fraction of sp³-hybridized carbons (Fsp3) is 0.227. The van der Waals surface area contributed by atoms with Gasteiger partial charge in [0.05, 0.1) is 0 Å². The minimum Gasteiger partial charge on any atom is -0.355 e. The molecule has 1 N–H and O–H groups in total. The van der Waals surface area contributed by atoms with Crippen molar-refractivity contribution < 1.29 is 4.79 Å². The van der Waals surface area contributed by atoms with Crippen LogP contribution in [0.25, 0.3) is 11.3 Å². The predicted octanol–water partition coefficient (Wildman–Crippen LogP) is 4.33. The third kappa shape index (κ3) is 4.15. The summed E-state index contributed by atoms with van der Waals surface area (Å²) < 4.78 is 0. The first-order chi connectivity index (χ1) is 13.7. The lowest BCUT2D eigenvalue weighted by atomic mass is 10.1. The molecule has 28 heavy (non-hydrogen) atoms. The second kappa shape index (κ2) is 8.40. The van der Waals surface area contributed by atoms with Gasteiger partial charge in [-0.15, -0.1) is 0 Å². The Bertz CT molecular complexity index is 968. The first-order valence-corrected chi connectivity index (χ1v) is 9.77. The van der Waals surface area contributed by atoms with E-state index >= 15 is 0 Å². The molecule has 0 unspecified atom stereocenters. The van der Waals surface area contributed by atoms with Crippen LogP contribution in [-0.4, -0.2) is 29.0 Å². The van der Waals surface area contributed by atoms with Crippen molar-refractivity contribution in [3.63, 3.8) is 0 Å². The van der Waals surface area contributed by atoms with Crippen molar-refractivity contribution >= 4 is 23.3 Å². The Labute approximate surface area is 169 Å². The molecule has 1 fully saturated rings. The number of aromatic nitrogens is 2. The maximum Gasteiger partial charge on any atom is 0.251 e. The van der Waals surface area contributed by atoms with Crippen molar-refractivity contribution in [2.75, 3.05) is 18.0 Å². The molecule has 6 heteroatoms. The molecule has 1 saturated heterocycles. The molecule has 1 amide bonds. The molecule has 2 aromatic carbocycles. The summed E-state index contributed by atoms with van der Waals surface area (Å²) in [5.41, 5.74) is 3.31. The third-order valence-corrected chi connectivity index (χ3v) is 5.10. The van der Waals surface area contributed by atoms with E-state index in [1.54, 1.807) is 12.4 Å². The number of nitrogens with one attached hydrogen (secondary N) is 1. The fourth-order valence-corrected chi connectivity index (χ4v) is 3.52. The number of hydrogen-bond donors (Lipinski definition) is 1. The number of carbonyl (C=O) groups is 1. The van der Waals surface area contributed by atoms with Crippen LogP contribution >= 0.6 is 11.6 Å². The van der Waals surface area contributed by atoms with Gasteiger partial charge in [0.15, 0.2) is 5.82 Å². The Morgan fingerprint density at radius 1 is 1.04 bits per heavy atom. The Hall–Kier alpha value is -2.92. The van der Waals surface area contributed by atoms with Crippen LogP contribution in [0.4, 0.5) is 5.82 Å². The van der Waals surface area contributed by atoms with Crippen molar-refractivity contribution in [2.45, 2.75) is 19.4 Å². The number of carbonyl (C=O) groups excluding carboxylic acids is 1. The molecular weight excluding hydrogens is 372 g/mol. The fourth-order valence-electron chi connectivity index (χ4n) is 3.39. The van der Waals surface area contributed by atoms with Gasteiger partial charge in [0.2, 0.25) is 0 Å². The molecule has 0 spiro atoms. The molecule has 5 nitrogen and oxygen atoms in total. The van der Waals surface area contributed by atoms with Crippen molar-refractivity contribution in [1.29, 1.82) is 0 Å². The summed E-state index contributed by atoms with van der Waals surface area (Å²) >= 11 is 5.90. The van der Waals surface area contributed by atoms with E-state index < -0.39 is 0 Å². The largest absolute Gasteiger partial charge is 0.355 e. The van der Waals surface area contributed by atoms with Gasteiger partial charge in [0.25, 0.3) is 5.91 Å². The monoisotopic (exact) mass is 392 g/mol. The average molecular weight is 393 g/mol. The van der Waals surface area contributed by atoms with E-state index in [9.17, 15) is 4.79 Å². The quantitative estimate of drug-likeness (QED) is 0.702. The summed E-state index contributed by atoms with van der Waals surface area (Å²) in [4.78, 5) is 24.0. The molecule has 2 heterocycles. The van der Waals surface area contributed by atoms with E-state index in [2.05, 4.69) is 20.2 Å². The summed E-state index contributed by atoms with van der Waals surface area (Å²) in [5.74, 6) is 0.766. The van der Waals surface area contributed by atoms with Gasteiger partial charge in [-0.2, -0.15) is 0 Å². The number of benzene rings is 2. The maximum atomic E-state index is 12.6. The number of halogens is 1. The first-order valence-electron chi connectivity index (χ1n) is 9.40. The summed E-state index contributed by atoms with van der Waals surface area (Å²) in [7, 11) is 0. The van der Waals surface area contributed by atoms with Crippen LogP contribution in [0.2, 0.25) is 5.02 Å². The smallest absolute Gasteiger partial charge is 0.251 e. The second-order valence-corrected chi connectivity index (χ2v) is 7.25. The molecule has 4 rings (SSSR count). The van der Waals surface area contributed by atoms with E-state index in [1.807, 2.05) is 48.5 Å². The van der Waals surface area contributed by atoms with Crippen LogP contribution in [0.5, 0.6) is 0 Å². The summed E-state index contributed by atoms with van der Waals surface area (Å²) in [5, 5.41) is 3.64. The lowest BCUT2D eigenvalue weighted by molar-refractivity contribution is 0.0951. The van der Waals surface area contributed by atoms with E-state index in [0.717, 1.165) is 35.7 Å². The summed E-state index contributed by atoms with van der Waals surface area (Å²) in [6.07, 6.45) is 5.76. The van der Waals surface area contributed by atoms with Gasteiger partial charge >= 0.3 is 0 Å². The first kappa shape index (κ1) is 18.4. The highest BCUT2D eigenvalue weighted by atomic mass is 35.5. The zero-order valence-corrected chi connectivity index (χ0v) is 16.2. The minimum absolute atomic E-state index is 0.122. The molecule has 1 aromatic heterocycles. The summed E-state index contributed by atoms with van der Waals surface area (Å²) in [6, 6.07) is 15.0. The lowest BCUT2D eigenvalue weighted by Gasteiger charge is -2.19. The number of hydrogen-bond acceptors (Lipinski definition) is 4. The maximum absolute atomic E-state index is 12.6. The van der Waals surface area contributed by atoms with Gasteiger partial charge in [-0.3, -0.25) is 9.78 Å². The number of rotatable bonds is 5. The van der Waals surface area contributed by atoms with Crippen LogP contribution in [0.1, 0.15) is 28.8 Å². The summed E-state index contributed by atoms with van der Waals surface area (Å²) in [6.45, 7) is 2.43. The van der Waals surface area contributed by atoms with Crippen LogP contribution in [0.3, 0.4) is 0 Å². The Kier molecular flexibility index (Phi) is 5.53. The highest BCUT2D eigenvalue weighted by molar-refractivity contribution is 6.30. The Morgan fingerprint density at radius 3 is 2.57 bits per heavy atom. The van der Waals surface area contributed by atoms with Crippen molar-refractivity contribution in [3.8, 4) is 11.3 Å². The number of anilines is 1. The molecule has 3 aromatic rings. The van der Waals surface area contributed by atoms with E-state index in [-0.39, 0.29) is 5.91 Å². The van der Waals surface area contributed by atoms with Crippen LogP contribution in [0, 0.1) is 0 Å². The average Bonchev–Trinajstić information content (AvgIpc) is 3.28. The standard InChI is InChI=1S/C22H21ClN4O/c23-19-8-6-16(7-9-19)15-26-22(28)18-5-3-4-17(14-18)20-21(25-11-10-24-20)27-12-1-2-13-27/h3-11,14H,1-2,12-13,15H2,(H,26,28). The highest BCUT2D eigenvalue weighted by Gasteiger charge is 2.19. The molecule has 0 bridgehead atoms. The van der Waals surface area contributed by atoms with Crippen molar-refractivity contribution in [3.05, 3.63) is 77.1 Å². The normalized spacial score (nSPS) is 13.5. The number of amides is 1. The molecule has 0 radical (unpaired) electrons. The Balaban J connectivity index is 1.53. The van der Waals surface area contributed by atoms with Crippen molar-refractivity contribution in [2.24, 2.45) is 0 Å². The molecular formula is C22H21ClN4O. The predicted molar refractivity (Wildman–Crippen MR) is 112 cm³/mol. The molecule has 0 aliphatic carbocycles. The molecule has 0 atom stereocenters. The molecule has 1 aliphatic rings. The Morgan fingerprint density at radius 2 is 1.79 bits per heavy atom. The molecule has 1 aliphatic heterocycles. The SMILES string of the molecule is O=C(NCc1ccc(Cl)cc1)c1cccc(-c2nccnc2N2CCCC2)c1. The van der Waals surface area contributed by atoms with Gasteiger partial charge in [-0.05, 0) is 42.7 Å². The van der Waals surface area contributed by atoms with E-state index in [1.165, 1.54) is 12.8 Å².